The summed E-state index contributed by atoms with van der Waals surface area (Å²) in [5.41, 5.74) is 4.20. The van der Waals surface area contributed by atoms with Crippen molar-refractivity contribution in [3.8, 4) is 0 Å². The minimum absolute atomic E-state index is 0.520. The maximum Gasteiger partial charge on any atom is 0.0438 e. The summed E-state index contributed by atoms with van der Waals surface area (Å²) in [7, 11) is 2.08. The van der Waals surface area contributed by atoms with Crippen molar-refractivity contribution in [2.45, 2.75) is 38.0 Å². The van der Waals surface area contributed by atoms with Crippen LogP contribution in [0.5, 0.6) is 0 Å². The third-order valence-corrected chi connectivity index (χ3v) is 4.71. The molecule has 1 fully saturated rings. The quantitative estimate of drug-likeness (QED) is 0.861. The minimum atomic E-state index is 0.520. The molecule has 0 bridgehead atoms. The van der Waals surface area contributed by atoms with Crippen LogP contribution in [0.2, 0.25) is 0 Å². The van der Waals surface area contributed by atoms with E-state index in [1.807, 2.05) is 0 Å². The maximum atomic E-state index is 3.49. The van der Waals surface area contributed by atoms with E-state index in [1.54, 1.807) is 0 Å². The third-order valence-electron chi connectivity index (χ3n) is 3.25. The fourth-order valence-corrected chi connectivity index (χ4v) is 4.08. The molecule has 1 N–H and O–H groups in total. The lowest BCUT2D eigenvalue weighted by molar-refractivity contribution is 0.551. The Morgan fingerprint density at radius 2 is 1.94 bits per heavy atom. The Kier molecular flexibility index (Phi) is 3.93. The van der Waals surface area contributed by atoms with Crippen molar-refractivity contribution in [2.75, 3.05) is 12.8 Å². The van der Waals surface area contributed by atoms with E-state index < -0.39 is 0 Å². The lowest BCUT2D eigenvalue weighted by Gasteiger charge is -2.23. The number of rotatable bonds is 3. The topological polar surface area (TPSA) is 12.0 Å². The second kappa shape index (κ2) is 5.24. The van der Waals surface area contributed by atoms with E-state index in [-0.39, 0.29) is 0 Å². The van der Waals surface area contributed by atoms with Crippen LogP contribution in [0.15, 0.2) is 18.2 Å². The summed E-state index contributed by atoms with van der Waals surface area (Å²) in [4.78, 5) is 0. The molecular weight excluding hydrogens is 214 g/mol. The molecular formula is C14H21NS. The van der Waals surface area contributed by atoms with Gasteiger partial charge >= 0.3 is 0 Å². The fraction of sp³-hybridized carbons (Fsp3) is 0.571. The Labute approximate surface area is 103 Å². The van der Waals surface area contributed by atoms with Crippen LogP contribution < -0.4 is 5.32 Å². The molecule has 1 heterocycles. The van der Waals surface area contributed by atoms with Crippen molar-refractivity contribution < 1.29 is 0 Å². The molecule has 88 valence electrons. The number of benzene rings is 1. The van der Waals surface area contributed by atoms with Crippen LogP contribution in [0.1, 0.15) is 35.6 Å². The molecule has 16 heavy (non-hydrogen) atoms. The molecule has 1 aliphatic rings. The molecule has 0 radical (unpaired) electrons. The van der Waals surface area contributed by atoms with Crippen LogP contribution in [0.25, 0.3) is 0 Å². The lowest BCUT2D eigenvalue weighted by Crippen LogP contribution is -2.25. The number of hydrogen-bond acceptors (Lipinski definition) is 2. The Bertz CT molecular complexity index is 336. The number of hydrogen-bond donors (Lipinski definition) is 1. The molecule has 2 atom stereocenters. The van der Waals surface area contributed by atoms with Crippen LogP contribution in [0.4, 0.5) is 0 Å². The van der Waals surface area contributed by atoms with Crippen LogP contribution in [-0.4, -0.2) is 18.1 Å². The van der Waals surface area contributed by atoms with Gasteiger partial charge in [-0.15, -0.1) is 0 Å². The SMILES string of the molecule is CNC(c1cc(C)cc(C)c1)C1CCCS1. The van der Waals surface area contributed by atoms with Crippen molar-refractivity contribution >= 4 is 11.8 Å². The van der Waals surface area contributed by atoms with E-state index in [0.29, 0.717) is 6.04 Å². The molecule has 1 saturated heterocycles. The molecule has 0 aromatic heterocycles. The molecule has 0 aliphatic carbocycles. The molecule has 0 spiro atoms. The highest BCUT2D eigenvalue weighted by atomic mass is 32.2. The van der Waals surface area contributed by atoms with E-state index in [0.717, 1.165) is 5.25 Å². The average molecular weight is 235 g/mol. The van der Waals surface area contributed by atoms with Crippen LogP contribution in [0.3, 0.4) is 0 Å². The lowest BCUT2D eigenvalue weighted by atomic mass is 9.97. The molecule has 2 rings (SSSR count). The summed E-state index contributed by atoms with van der Waals surface area (Å²) in [6, 6.07) is 7.42. The molecule has 1 nitrogen and oxygen atoms in total. The first-order valence-corrected chi connectivity index (χ1v) is 7.12. The van der Waals surface area contributed by atoms with E-state index in [1.165, 1.54) is 35.3 Å². The Morgan fingerprint density at radius 3 is 2.44 bits per heavy atom. The zero-order valence-corrected chi connectivity index (χ0v) is 11.2. The molecule has 1 aromatic carbocycles. The first-order valence-electron chi connectivity index (χ1n) is 6.08. The largest absolute Gasteiger partial charge is 0.312 e. The van der Waals surface area contributed by atoms with Gasteiger partial charge in [0.25, 0.3) is 0 Å². The number of aryl methyl sites for hydroxylation is 2. The van der Waals surface area contributed by atoms with Crippen molar-refractivity contribution in [3.63, 3.8) is 0 Å². The van der Waals surface area contributed by atoms with E-state index in [9.17, 15) is 0 Å². The van der Waals surface area contributed by atoms with Gasteiger partial charge in [0.05, 0.1) is 0 Å². The van der Waals surface area contributed by atoms with Gasteiger partial charge in [0.1, 0.15) is 0 Å². The highest BCUT2D eigenvalue weighted by Gasteiger charge is 2.25. The van der Waals surface area contributed by atoms with E-state index in [4.69, 9.17) is 0 Å². The van der Waals surface area contributed by atoms with Gasteiger partial charge in [-0.05, 0) is 45.1 Å². The van der Waals surface area contributed by atoms with Crippen molar-refractivity contribution in [1.29, 1.82) is 0 Å². The van der Waals surface area contributed by atoms with Crippen molar-refractivity contribution in [3.05, 3.63) is 34.9 Å². The van der Waals surface area contributed by atoms with Gasteiger partial charge in [-0.25, -0.2) is 0 Å². The first kappa shape index (κ1) is 12.0. The third kappa shape index (κ3) is 2.61. The van der Waals surface area contributed by atoms with Gasteiger partial charge in [-0.2, -0.15) is 11.8 Å². The fourth-order valence-electron chi connectivity index (χ4n) is 2.62. The van der Waals surface area contributed by atoms with Gasteiger partial charge in [0.2, 0.25) is 0 Å². The van der Waals surface area contributed by atoms with Crippen LogP contribution in [0, 0.1) is 13.8 Å². The number of nitrogens with one attached hydrogen (secondary N) is 1. The van der Waals surface area contributed by atoms with E-state index >= 15 is 0 Å². The van der Waals surface area contributed by atoms with Gasteiger partial charge in [0.15, 0.2) is 0 Å². The first-order chi connectivity index (χ1) is 7.70. The van der Waals surface area contributed by atoms with Gasteiger partial charge in [0, 0.05) is 11.3 Å². The Balaban J connectivity index is 2.24. The van der Waals surface area contributed by atoms with Crippen molar-refractivity contribution in [1.82, 2.24) is 5.32 Å². The summed E-state index contributed by atoms with van der Waals surface area (Å²) >= 11 is 2.12. The molecule has 2 unspecified atom stereocenters. The summed E-state index contributed by atoms with van der Waals surface area (Å²) in [5, 5.41) is 4.25. The molecule has 0 saturated carbocycles. The molecule has 1 aliphatic heterocycles. The maximum absolute atomic E-state index is 3.49. The highest BCUT2D eigenvalue weighted by Crippen LogP contribution is 2.36. The normalized spacial score (nSPS) is 22.3. The second-order valence-corrected chi connectivity index (χ2v) is 6.09. The van der Waals surface area contributed by atoms with Crippen LogP contribution in [-0.2, 0) is 0 Å². The van der Waals surface area contributed by atoms with Gasteiger partial charge in [-0.3, -0.25) is 0 Å². The molecule has 1 aromatic rings. The monoisotopic (exact) mass is 235 g/mol. The summed E-state index contributed by atoms with van der Waals surface area (Å²) < 4.78 is 0. The predicted molar refractivity (Wildman–Crippen MR) is 73.2 cm³/mol. The average Bonchev–Trinajstić information content (AvgIpc) is 2.70. The Morgan fingerprint density at radius 1 is 1.25 bits per heavy atom. The molecule has 0 amide bonds. The minimum Gasteiger partial charge on any atom is -0.312 e. The highest BCUT2D eigenvalue weighted by molar-refractivity contribution is 8.00. The zero-order valence-electron chi connectivity index (χ0n) is 10.4. The second-order valence-electron chi connectivity index (χ2n) is 4.74. The standard InChI is InChI=1S/C14H21NS/c1-10-7-11(2)9-12(8-10)14(15-3)13-5-4-6-16-13/h7-9,13-15H,4-6H2,1-3H3. The summed E-state index contributed by atoms with van der Waals surface area (Å²) in [6.07, 6.45) is 2.72. The van der Waals surface area contributed by atoms with Crippen molar-refractivity contribution in [2.24, 2.45) is 0 Å². The summed E-state index contributed by atoms with van der Waals surface area (Å²) in [6.45, 7) is 4.37. The van der Waals surface area contributed by atoms with E-state index in [2.05, 4.69) is 56.2 Å². The van der Waals surface area contributed by atoms with Gasteiger partial charge < -0.3 is 5.32 Å². The molecule has 2 heteroatoms. The number of thioether (sulfide) groups is 1. The smallest absolute Gasteiger partial charge is 0.0438 e. The summed E-state index contributed by atoms with van der Waals surface area (Å²) in [5.74, 6) is 1.33. The predicted octanol–water partition coefficient (Wildman–Crippen LogP) is 3.46. The zero-order chi connectivity index (χ0) is 11.5. The van der Waals surface area contributed by atoms with Crippen LogP contribution >= 0.6 is 11.8 Å². The Hall–Kier alpha value is -0.470. The van der Waals surface area contributed by atoms with Gasteiger partial charge in [-0.1, -0.05) is 29.3 Å².